The average Bonchev–Trinajstić information content (AvgIpc) is 2.61. The molecule has 2 rings (SSSR count). The van der Waals surface area contributed by atoms with Crippen molar-refractivity contribution in [3.8, 4) is 11.3 Å². The minimum Gasteiger partial charge on any atom is -0.267 e. The van der Waals surface area contributed by atoms with Crippen molar-refractivity contribution in [2.45, 2.75) is 26.8 Å². The van der Waals surface area contributed by atoms with Gasteiger partial charge in [-0.15, -0.1) is 0 Å². The van der Waals surface area contributed by atoms with E-state index in [1.807, 2.05) is 45.0 Å². The zero-order valence-corrected chi connectivity index (χ0v) is 9.74. The molecule has 0 saturated heterocycles. The molecule has 1 heterocycles. The molecule has 16 heavy (non-hydrogen) atoms. The highest BCUT2D eigenvalue weighted by atomic mass is 19.1. The molecule has 84 valence electrons. The van der Waals surface area contributed by atoms with Crippen LogP contribution < -0.4 is 0 Å². The Morgan fingerprint density at radius 2 is 1.94 bits per heavy atom. The van der Waals surface area contributed by atoms with Gasteiger partial charge in [0.25, 0.3) is 0 Å². The fraction of sp³-hybridized carbons (Fsp3) is 0.308. The van der Waals surface area contributed by atoms with E-state index in [2.05, 4.69) is 5.10 Å². The van der Waals surface area contributed by atoms with Crippen molar-refractivity contribution < 1.29 is 4.39 Å². The Hall–Kier alpha value is -1.64. The lowest BCUT2D eigenvalue weighted by molar-refractivity contribution is 0.527. The standard InChI is InChI=1S/C13H15FN2/c1-9(2)16-8-12(14)13(15-16)11-7-5-4-6-10(11)3/h4-9H,1-3H3. The van der Waals surface area contributed by atoms with Crippen molar-refractivity contribution in [3.63, 3.8) is 0 Å². The fourth-order valence-electron chi connectivity index (χ4n) is 1.66. The van der Waals surface area contributed by atoms with E-state index in [4.69, 9.17) is 0 Å². The first-order valence-electron chi connectivity index (χ1n) is 5.40. The van der Waals surface area contributed by atoms with E-state index in [0.29, 0.717) is 5.69 Å². The van der Waals surface area contributed by atoms with Gasteiger partial charge in [-0.2, -0.15) is 5.10 Å². The van der Waals surface area contributed by atoms with Crippen molar-refractivity contribution in [1.82, 2.24) is 9.78 Å². The van der Waals surface area contributed by atoms with E-state index >= 15 is 0 Å². The zero-order valence-electron chi connectivity index (χ0n) is 9.74. The van der Waals surface area contributed by atoms with Gasteiger partial charge in [-0.3, -0.25) is 4.68 Å². The monoisotopic (exact) mass is 218 g/mol. The molecule has 1 aromatic carbocycles. The van der Waals surface area contributed by atoms with E-state index < -0.39 is 0 Å². The molecule has 0 radical (unpaired) electrons. The second-order valence-electron chi connectivity index (χ2n) is 4.21. The van der Waals surface area contributed by atoms with Crippen LogP contribution in [0, 0.1) is 12.7 Å². The smallest absolute Gasteiger partial charge is 0.169 e. The molecule has 0 amide bonds. The summed E-state index contributed by atoms with van der Waals surface area (Å²) in [6.07, 6.45) is 1.45. The maximum atomic E-state index is 13.8. The van der Waals surface area contributed by atoms with Gasteiger partial charge in [-0.25, -0.2) is 4.39 Å². The summed E-state index contributed by atoms with van der Waals surface area (Å²) in [6.45, 7) is 5.92. The minimum atomic E-state index is -0.261. The molecule has 0 bridgehead atoms. The van der Waals surface area contributed by atoms with Gasteiger partial charge in [0.05, 0.1) is 6.20 Å². The van der Waals surface area contributed by atoms with Crippen molar-refractivity contribution in [3.05, 3.63) is 41.8 Å². The van der Waals surface area contributed by atoms with Crippen LogP contribution in [-0.2, 0) is 0 Å². The van der Waals surface area contributed by atoms with Crippen LogP contribution in [0.1, 0.15) is 25.5 Å². The summed E-state index contributed by atoms with van der Waals surface area (Å²) in [5.74, 6) is -0.261. The van der Waals surface area contributed by atoms with Crippen LogP contribution in [-0.4, -0.2) is 9.78 Å². The number of rotatable bonds is 2. The van der Waals surface area contributed by atoms with Gasteiger partial charge in [0.1, 0.15) is 5.69 Å². The number of aryl methyl sites for hydroxylation is 1. The normalized spacial score (nSPS) is 11.1. The van der Waals surface area contributed by atoms with Crippen molar-refractivity contribution >= 4 is 0 Å². The first-order valence-corrected chi connectivity index (χ1v) is 5.40. The summed E-state index contributed by atoms with van der Waals surface area (Å²) in [6, 6.07) is 7.87. The van der Waals surface area contributed by atoms with Gasteiger partial charge in [-0.05, 0) is 26.3 Å². The summed E-state index contributed by atoms with van der Waals surface area (Å²) < 4.78 is 15.4. The van der Waals surface area contributed by atoms with Crippen molar-refractivity contribution in [2.24, 2.45) is 0 Å². The molecule has 0 atom stereocenters. The van der Waals surface area contributed by atoms with E-state index in [1.165, 1.54) is 6.20 Å². The number of halogens is 1. The lowest BCUT2D eigenvalue weighted by Gasteiger charge is -2.04. The van der Waals surface area contributed by atoms with E-state index in [9.17, 15) is 4.39 Å². The predicted octanol–water partition coefficient (Wildman–Crippen LogP) is 3.58. The van der Waals surface area contributed by atoms with Crippen LogP contribution in [0.15, 0.2) is 30.5 Å². The van der Waals surface area contributed by atoms with Gasteiger partial charge in [-0.1, -0.05) is 24.3 Å². The van der Waals surface area contributed by atoms with Gasteiger partial charge >= 0.3 is 0 Å². The number of nitrogens with zero attached hydrogens (tertiary/aromatic N) is 2. The third kappa shape index (κ3) is 1.85. The molecule has 2 aromatic rings. The Balaban J connectivity index is 2.52. The molecule has 0 unspecified atom stereocenters. The highest BCUT2D eigenvalue weighted by Crippen LogP contribution is 2.24. The third-order valence-electron chi connectivity index (χ3n) is 2.62. The first kappa shape index (κ1) is 10.9. The summed E-state index contributed by atoms with van der Waals surface area (Å²) in [5.41, 5.74) is 2.33. The zero-order chi connectivity index (χ0) is 11.7. The van der Waals surface area contributed by atoms with Crippen LogP contribution >= 0.6 is 0 Å². The Morgan fingerprint density at radius 3 is 2.50 bits per heavy atom. The minimum absolute atomic E-state index is 0.173. The van der Waals surface area contributed by atoms with Crippen LogP contribution in [0.5, 0.6) is 0 Å². The molecular formula is C13H15FN2. The van der Waals surface area contributed by atoms with Crippen LogP contribution in [0.25, 0.3) is 11.3 Å². The van der Waals surface area contributed by atoms with Crippen LogP contribution in [0.3, 0.4) is 0 Å². The Bertz CT molecular complexity index is 500. The average molecular weight is 218 g/mol. The topological polar surface area (TPSA) is 17.8 Å². The SMILES string of the molecule is Cc1ccccc1-c1nn(C(C)C)cc1F. The number of benzene rings is 1. The highest BCUT2D eigenvalue weighted by molar-refractivity contribution is 5.63. The second-order valence-corrected chi connectivity index (χ2v) is 4.21. The molecule has 0 saturated carbocycles. The lowest BCUT2D eigenvalue weighted by Crippen LogP contribution is -2.00. The molecular weight excluding hydrogens is 203 g/mol. The molecule has 0 aliphatic carbocycles. The van der Waals surface area contributed by atoms with Gasteiger partial charge < -0.3 is 0 Å². The van der Waals surface area contributed by atoms with Crippen LogP contribution in [0.2, 0.25) is 0 Å². The summed E-state index contributed by atoms with van der Waals surface area (Å²) in [5, 5.41) is 4.28. The summed E-state index contributed by atoms with van der Waals surface area (Å²) in [7, 11) is 0. The highest BCUT2D eigenvalue weighted by Gasteiger charge is 2.13. The predicted molar refractivity (Wildman–Crippen MR) is 62.7 cm³/mol. The largest absolute Gasteiger partial charge is 0.267 e. The molecule has 2 nitrogen and oxygen atoms in total. The molecule has 0 aliphatic heterocycles. The molecule has 3 heteroatoms. The molecule has 0 fully saturated rings. The van der Waals surface area contributed by atoms with Gasteiger partial charge in [0, 0.05) is 11.6 Å². The van der Waals surface area contributed by atoms with E-state index in [0.717, 1.165) is 11.1 Å². The summed E-state index contributed by atoms with van der Waals surface area (Å²) >= 11 is 0. The third-order valence-corrected chi connectivity index (χ3v) is 2.62. The molecule has 0 aliphatic rings. The Kier molecular flexibility index (Phi) is 2.77. The van der Waals surface area contributed by atoms with Gasteiger partial charge in [0.2, 0.25) is 0 Å². The van der Waals surface area contributed by atoms with Crippen molar-refractivity contribution in [1.29, 1.82) is 0 Å². The molecule has 0 N–H and O–H groups in total. The number of hydrogen-bond acceptors (Lipinski definition) is 1. The lowest BCUT2D eigenvalue weighted by atomic mass is 10.1. The number of aromatic nitrogens is 2. The number of hydrogen-bond donors (Lipinski definition) is 0. The maximum absolute atomic E-state index is 13.8. The second kappa shape index (κ2) is 4.08. The van der Waals surface area contributed by atoms with Crippen molar-refractivity contribution in [2.75, 3.05) is 0 Å². The Morgan fingerprint density at radius 1 is 1.25 bits per heavy atom. The van der Waals surface area contributed by atoms with E-state index in [1.54, 1.807) is 4.68 Å². The Labute approximate surface area is 94.7 Å². The quantitative estimate of drug-likeness (QED) is 0.753. The first-order chi connectivity index (χ1) is 7.59. The van der Waals surface area contributed by atoms with Gasteiger partial charge in [0.15, 0.2) is 5.82 Å². The maximum Gasteiger partial charge on any atom is 0.169 e. The molecule has 0 spiro atoms. The fourth-order valence-corrected chi connectivity index (χ4v) is 1.66. The van der Waals surface area contributed by atoms with E-state index in [-0.39, 0.29) is 11.9 Å². The molecule has 1 aromatic heterocycles. The van der Waals surface area contributed by atoms with Crippen LogP contribution in [0.4, 0.5) is 4.39 Å². The summed E-state index contributed by atoms with van der Waals surface area (Å²) in [4.78, 5) is 0.